The van der Waals surface area contributed by atoms with E-state index in [-0.39, 0.29) is 11.9 Å². The van der Waals surface area contributed by atoms with Gasteiger partial charge in [-0.05, 0) is 66.2 Å². The molecule has 20 heavy (non-hydrogen) atoms. The van der Waals surface area contributed by atoms with Crippen molar-refractivity contribution in [2.75, 3.05) is 18.4 Å². The molecule has 1 aliphatic rings. The first-order valence-corrected chi connectivity index (χ1v) is 8.18. The van der Waals surface area contributed by atoms with Gasteiger partial charge < -0.3 is 10.2 Å². The van der Waals surface area contributed by atoms with Crippen LogP contribution in [0.15, 0.2) is 22.7 Å². The van der Waals surface area contributed by atoms with E-state index in [0.29, 0.717) is 0 Å². The van der Waals surface area contributed by atoms with Gasteiger partial charge in [-0.1, -0.05) is 13.0 Å². The Morgan fingerprint density at radius 1 is 1.40 bits per heavy atom. The number of likely N-dealkylation sites (tertiary alicyclic amines) is 1. The molecular formula is C16H24BrN2O+. The molecule has 4 heteroatoms. The first kappa shape index (κ1) is 15.5. The van der Waals surface area contributed by atoms with E-state index in [1.54, 1.807) is 0 Å². The fourth-order valence-corrected chi connectivity index (χ4v) is 3.31. The molecule has 0 aromatic heterocycles. The molecule has 0 unspecified atom stereocenters. The zero-order chi connectivity index (χ0) is 14.7. The summed E-state index contributed by atoms with van der Waals surface area (Å²) in [4.78, 5) is 13.8. The third kappa shape index (κ3) is 3.83. The first-order valence-electron chi connectivity index (χ1n) is 7.39. The average Bonchev–Trinajstić information content (AvgIpc) is 2.42. The van der Waals surface area contributed by atoms with Crippen LogP contribution in [0.3, 0.4) is 0 Å². The lowest BCUT2D eigenvalue weighted by atomic mass is 9.98. The Labute approximate surface area is 129 Å². The number of benzene rings is 1. The van der Waals surface area contributed by atoms with E-state index in [1.807, 2.05) is 32.0 Å². The maximum absolute atomic E-state index is 12.4. The number of quaternary nitrogens is 1. The molecule has 1 amide bonds. The number of hydrogen-bond donors (Lipinski definition) is 2. The van der Waals surface area contributed by atoms with E-state index in [4.69, 9.17) is 0 Å². The van der Waals surface area contributed by atoms with Gasteiger partial charge in [0.15, 0.2) is 6.04 Å². The lowest BCUT2D eigenvalue weighted by molar-refractivity contribution is -0.919. The van der Waals surface area contributed by atoms with E-state index < -0.39 is 0 Å². The molecule has 1 heterocycles. The summed E-state index contributed by atoms with van der Waals surface area (Å²) < 4.78 is 0.945. The van der Waals surface area contributed by atoms with Crippen LogP contribution >= 0.6 is 15.9 Å². The third-order valence-electron chi connectivity index (χ3n) is 4.30. The smallest absolute Gasteiger partial charge is 0.282 e. The third-order valence-corrected chi connectivity index (χ3v) is 4.96. The Hall–Kier alpha value is -0.870. The van der Waals surface area contributed by atoms with Crippen molar-refractivity contribution >= 4 is 27.5 Å². The molecule has 2 rings (SSSR count). The van der Waals surface area contributed by atoms with Gasteiger partial charge in [-0.2, -0.15) is 0 Å². The number of carbonyl (C=O) groups excluding carboxylic acids is 1. The molecule has 110 valence electrons. The maximum atomic E-state index is 12.4. The molecule has 0 bridgehead atoms. The first-order chi connectivity index (χ1) is 9.47. The van der Waals surface area contributed by atoms with Crippen molar-refractivity contribution in [2.24, 2.45) is 5.92 Å². The maximum Gasteiger partial charge on any atom is 0.282 e. The van der Waals surface area contributed by atoms with Crippen LogP contribution in [-0.4, -0.2) is 25.0 Å². The molecule has 0 saturated carbocycles. The summed E-state index contributed by atoms with van der Waals surface area (Å²) in [7, 11) is 0. The highest BCUT2D eigenvalue weighted by Crippen LogP contribution is 2.23. The largest absolute Gasteiger partial charge is 0.325 e. The van der Waals surface area contributed by atoms with Crippen LogP contribution in [-0.2, 0) is 4.79 Å². The Kier molecular flexibility index (Phi) is 5.22. The minimum absolute atomic E-state index is 0.00991. The summed E-state index contributed by atoms with van der Waals surface area (Å²) in [6.45, 7) is 8.57. The number of rotatable bonds is 3. The molecular weight excluding hydrogens is 316 g/mol. The van der Waals surface area contributed by atoms with Gasteiger partial charge in [0.25, 0.3) is 5.91 Å². The molecule has 3 nitrogen and oxygen atoms in total. The predicted molar refractivity (Wildman–Crippen MR) is 86.1 cm³/mol. The summed E-state index contributed by atoms with van der Waals surface area (Å²) in [6, 6.07) is 6.00. The highest BCUT2D eigenvalue weighted by Gasteiger charge is 2.28. The molecule has 0 spiro atoms. The summed E-state index contributed by atoms with van der Waals surface area (Å²) >= 11 is 3.51. The van der Waals surface area contributed by atoms with Crippen LogP contribution < -0.4 is 10.2 Å². The normalized spacial score (nSPS) is 24.2. The second-order valence-electron chi connectivity index (χ2n) is 6.04. The average molecular weight is 340 g/mol. The Balaban J connectivity index is 1.97. The van der Waals surface area contributed by atoms with Crippen molar-refractivity contribution in [1.29, 1.82) is 0 Å². The number of nitrogens with one attached hydrogen (secondary N) is 2. The van der Waals surface area contributed by atoms with Crippen molar-refractivity contribution in [2.45, 2.75) is 39.7 Å². The number of hydrogen-bond acceptors (Lipinski definition) is 1. The van der Waals surface area contributed by atoms with E-state index >= 15 is 0 Å². The van der Waals surface area contributed by atoms with Gasteiger partial charge >= 0.3 is 0 Å². The van der Waals surface area contributed by atoms with Gasteiger partial charge in [0, 0.05) is 4.47 Å². The van der Waals surface area contributed by atoms with Crippen LogP contribution in [0.4, 0.5) is 5.69 Å². The van der Waals surface area contributed by atoms with Crippen LogP contribution in [0.5, 0.6) is 0 Å². The van der Waals surface area contributed by atoms with Crippen LogP contribution in [0, 0.1) is 12.8 Å². The van der Waals surface area contributed by atoms with Crippen LogP contribution in [0.25, 0.3) is 0 Å². The summed E-state index contributed by atoms with van der Waals surface area (Å²) in [6.07, 6.45) is 2.45. The summed E-state index contributed by atoms with van der Waals surface area (Å²) in [5, 5.41) is 3.04. The van der Waals surface area contributed by atoms with Crippen molar-refractivity contribution in [3.63, 3.8) is 0 Å². The van der Waals surface area contributed by atoms with E-state index in [1.165, 1.54) is 23.3 Å². The minimum Gasteiger partial charge on any atom is -0.325 e. The number of anilines is 1. The number of piperidine rings is 1. The summed E-state index contributed by atoms with van der Waals surface area (Å²) in [5.74, 6) is 0.916. The van der Waals surface area contributed by atoms with Crippen molar-refractivity contribution in [1.82, 2.24) is 0 Å². The number of halogens is 1. The highest BCUT2D eigenvalue weighted by molar-refractivity contribution is 9.10. The molecule has 1 atom stereocenters. The van der Waals surface area contributed by atoms with Gasteiger partial charge in [-0.15, -0.1) is 0 Å². The number of aryl methyl sites for hydroxylation is 1. The highest BCUT2D eigenvalue weighted by atomic mass is 79.9. The van der Waals surface area contributed by atoms with E-state index in [0.717, 1.165) is 29.2 Å². The Morgan fingerprint density at radius 3 is 2.65 bits per heavy atom. The van der Waals surface area contributed by atoms with E-state index in [9.17, 15) is 4.79 Å². The lowest BCUT2D eigenvalue weighted by Crippen LogP contribution is -3.17. The molecule has 0 radical (unpaired) electrons. The fraction of sp³-hybridized carbons (Fsp3) is 0.562. The fourth-order valence-electron chi connectivity index (χ4n) is 2.71. The zero-order valence-corrected chi connectivity index (χ0v) is 14.1. The van der Waals surface area contributed by atoms with Crippen LogP contribution in [0.1, 0.15) is 32.3 Å². The van der Waals surface area contributed by atoms with E-state index in [2.05, 4.69) is 28.2 Å². The second kappa shape index (κ2) is 6.72. The van der Waals surface area contributed by atoms with Crippen molar-refractivity contribution in [3.05, 3.63) is 28.2 Å². The number of amides is 1. The molecule has 0 aliphatic carbocycles. The SMILES string of the molecule is Cc1ccc(NC(=O)[C@@H](C)[NH+]2CCC(C)CC2)c(Br)c1. The zero-order valence-electron chi connectivity index (χ0n) is 12.5. The topological polar surface area (TPSA) is 33.5 Å². The predicted octanol–water partition coefficient (Wildman–Crippen LogP) is 2.40. The van der Waals surface area contributed by atoms with Gasteiger partial charge in [0.05, 0.1) is 18.8 Å². The minimum atomic E-state index is 0.00991. The van der Waals surface area contributed by atoms with Gasteiger partial charge in [0.2, 0.25) is 0 Å². The molecule has 2 N–H and O–H groups in total. The monoisotopic (exact) mass is 339 g/mol. The lowest BCUT2D eigenvalue weighted by Gasteiger charge is -2.31. The Bertz CT molecular complexity index is 481. The molecule has 1 aliphatic heterocycles. The van der Waals surface area contributed by atoms with Crippen molar-refractivity contribution < 1.29 is 9.69 Å². The molecule has 1 aromatic rings. The molecule has 1 aromatic carbocycles. The standard InChI is InChI=1S/C16H23BrN2O/c1-11-6-8-19(9-7-11)13(3)16(20)18-15-5-4-12(2)10-14(15)17/h4-5,10-11,13H,6-9H2,1-3H3,(H,18,20)/p+1/t13-/m1/s1. The summed E-state index contributed by atoms with van der Waals surface area (Å²) in [5.41, 5.74) is 2.04. The molecule has 1 fully saturated rings. The Morgan fingerprint density at radius 2 is 2.05 bits per heavy atom. The van der Waals surface area contributed by atoms with Gasteiger partial charge in [-0.25, -0.2) is 0 Å². The van der Waals surface area contributed by atoms with Crippen molar-refractivity contribution in [3.8, 4) is 0 Å². The van der Waals surface area contributed by atoms with Crippen LogP contribution in [0.2, 0.25) is 0 Å². The second-order valence-corrected chi connectivity index (χ2v) is 6.89. The van der Waals surface area contributed by atoms with Gasteiger partial charge in [0.1, 0.15) is 0 Å². The number of carbonyl (C=O) groups is 1. The quantitative estimate of drug-likeness (QED) is 0.871. The van der Waals surface area contributed by atoms with Gasteiger partial charge in [-0.3, -0.25) is 4.79 Å². The molecule has 1 saturated heterocycles.